The van der Waals surface area contributed by atoms with Gasteiger partial charge < -0.3 is 15.0 Å². The van der Waals surface area contributed by atoms with Crippen LogP contribution in [0.15, 0.2) is 67.1 Å². The van der Waals surface area contributed by atoms with Gasteiger partial charge in [0.1, 0.15) is 11.1 Å². The number of hydrogen-bond acceptors (Lipinski definition) is 8. The number of aromatic nitrogens is 5. The predicted molar refractivity (Wildman–Crippen MR) is 163 cm³/mol. The summed E-state index contributed by atoms with van der Waals surface area (Å²) < 4.78 is 50.1. The predicted octanol–water partition coefficient (Wildman–Crippen LogP) is 5.54. The molecule has 0 unspecified atom stereocenters. The van der Waals surface area contributed by atoms with Crippen molar-refractivity contribution in [3.63, 3.8) is 0 Å². The van der Waals surface area contributed by atoms with Crippen LogP contribution in [0.2, 0.25) is 0 Å². The maximum absolute atomic E-state index is 14.1. The molecule has 1 aliphatic heterocycles. The minimum absolute atomic E-state index is 0.0950. The average molecular weight is 617 g/mol. The molecular formula is C32H31F3N8O2. The summed E-state index contributed by atoms with van der Waals surface area (Å²) in [4.78, 5) is 30.6. The minimum atomic E-state index is -4.60. The number of likely N-dealkylation sites (N-methyl/N-ethyl adjacent to an activating group) is 1. The number of alkyl halides is 3. The molecule has 0 spiro atoms. The molecule has 0 atom stereocenters. The van der Waals surface area contributed by atoms with Crippen molar-refractivity contribution in [3.8, 4) is 23.0 Å². The molecule has 3 aromatic heterocycles. The van der Waals surface area contributed by atoms with Crippen molar-refractivity contribution < 1.29 is 22.7 Å². The maximum Gasteiger partial charge on any atom is 0.416 e. The second-order valence-electron chi connectivity index (χ2n) is 11.1. The molecule has 4 heterocycles. The Hall–Kier alpha value is -4.88. The van der Waals surface area contributed by atoms with Gasteiger partial charge in [0.15, 0.2) is 11.5 Å². The van der Waals surface area contributed by atoms with Crippen LogP contribution in [-0.2, 0) is 19.8 Å². The Morgan fingerprint density at radius 2 is 1.73 bits per heavy atom. The van der Waals surface area contributed by atoms with Gasteiger partial charge in [-0.1, -0.05) is 12.1 Å². The maximum atomic E-state index is 14.1. The van der Waals surface area contributed by atoms with Crippen LogP contribution in [0, 0.1) is 6.92 Å². The summed E-state index contributed by atoms with van der Waals surface area (Å²) in [5.74, 6) is 0.392. The fourth-order valence-corrected chi connectivity index (χ4v) is 5.16. The van der Waals surface area contributed by atoms with Crippen molar-refractivity contribution in [1.29, 1.82) is 0 Å². The van der Waals surface area contributed by atoms with E-state index in [1.165, 1.54) is 12.1 Å². The highest BCUT2D eigenvalue weighted by molar-refractivity contribution is 6.04. The molecule has 0 radical (unpaired) electrons. The number of nitrogens with one attached hydrogen (secondary N) is 1. The molecule has 232 valence electrons. The highest BCUT2D eigenvalue weighted by Gasteiger charge is 2.34. The van der Waals surface area contributed by atoms with Crippen molar-refractivity contribution in [2.45, 2.75) is 19.6 Å². The van der Waals surface area contributed by atoms with Crippen LogP contribution in [0.3, 0.4) is 0 Å². The number of rotatable bonds is 7. The summed E-state index contributed by atoms with van der Waals surface area (Å²) >= 11 is 0. The molecule has 0 aliphatic carbocycles. The number of benzene rings is 2. The Balaban J connectivity index is 1.25. The number of aryl methyl sites for hydroxylation is 2. The third kappa shape index (κ3) is 6.79. The summed E-state index contributed by atoms with van der Waals surface area (Å²) in [5, 5.41) is 7.71. The van der Waals surface area contributed by atoms with E-state index in [1.54, 1.807) is 60.7 Å². The Morgan fingerprint density at radius 3 is 2.47 bits per heavy atom. The molecular weight excluding hydrogens is 585 g/mol. The summed E-state index contributed by atoms with van der Waals surface area (Å²) in [7, 11) is 3.76. The van der Waals surface area contributed by atoms with Crippen LogP contribution in [0.25, 0.3) is 22.4 Å². The number of ether oxygens (including phenoxy) is 1. The number of nitrogens with zero attached hydrogens (tertiary/aromatic N) is 7. The number of anilines is 1. The molecule has 13 heteroatoms. The summed E-state index contributed by atoms with van der Waals surface area (Å²) in [5.41, 5.74) is 1.51. The fraction of sp³-hybridized carbons (Fsp3) is 0.281. The Morgan fingerprint density at radius 1 is 0.978 bits per heavy atom. The molecule has 2 aromatic carbocycles. The molecule has 1 aliphatic rings. The van der Waals surface area contributed by atoms with Crippen LogP contribution in [0.1, 0.15) is 27.0 Å². The zero-order chi connectivity index (χ0) is 31.7. The zero-order valence-corrected chi connectivity index (χ0v) is 25.0. The van der Waals surface area contributed by atoms with Crippen molar-refractivity contribution >= 4 is 22.6 Å². The molecule has 5 aromatic rings. The Labute approximate surface area is 257 Å². The van der Waals surface area contributed by atoms with Crippen molar-refractivity contribution in [1.82, 2.24) is 34.5 Å². The molecule has 1 amide bonds. The third-order valence-electron chi connectivity index (χ3n) is 7.72. The lowest BCUT2D eigenvalue weighted by Gasteiger charge is -2.33. The first kappa shape index (κ1) is 30.2. The van der Waals surface area contributed by atoms with Crippen LogP contribution in [-0.4, -0.2) is 73.7 Å². The number of hydrogen-bond donors (Lipinski definition) is 1. The number of carbonyl (C=O) groups excluding carboxylic acids is 1. The lowest BCUT2D eigenvalue weighted by molar-refractivity contribution is -0.138. The van der Waals surface area contributed by atoms with Gasteiger partial charge in [-0.2, -0.15) is 23.3 Å². The number of halogens is 3. The van der Waals surface area contributed by atoms with Gasteiger partial charge in [-0.15, -0.1) is 0 Å². The third-order valence-corrected chi connectivity index (χ3v) is 7.72. The molecule has 1 fully saturated rings. The van der Waals surface area contributed by atoms with Crippen LogP contribution in [0.4, 0.5) is 18.9 Å². The molecule has 10 nitrogen and oxygen atoms in total. The van der Waals surface area contributed by atoms with Crippen LogP contribution < -0.4 is 10.1 Å². The van der Waals surface area contributed by atoms with Gasteiger partial charge in [0.05, 0.1) is 5.56 Å². The average Bonchev–Trinajstić information content (AvgIpc) is 3.40. The minimum Gasteiger partial charge on any atom is -0.438 e. The molecule has 1 saturated heterocycles. The number of pyridine rings is 1. The Kier molecular flexibility index (Phi) is 8.21. The molecule has 0 bridgehead atoms. The lowest BCUT2D eigenvalue weighted by atomic mass is 10.0. The highest BCUT2D eigenvalue weighted by Crippen LogP contribution is 2.35. The number of fused-ring (bicyclic) bond motifs is 1. The smallest absolute Gasteiger partial charge is 0.416 e. The number of amides is 1. The van der Waals surface area contributed by atoms with Crippen LogP contribution >= 0.6 is 0 Å². The van der Waals surface area contributed by atoms with E-state index in [1.807, 2.05) is 18.9 Å². The number of piperazine rings is 1. The van der Waals surface area contributed by atoms with Gasteiger partial charge in [0.25, 0.3) is 5.91 Å². The van der Waals surface area contributed by atoms with E-state index in [4.69, 9.17) is 4.74 Å². The van der Waals surface area contributed by atoms with E-state index in [2.05, 4.69) is 30.3 Å². The van der Waals surface area contributed by atoms with Gasteiger partial charge in [-0.05, 0) is 55.4 Å². The van der Waals surface area contributed by atoms with Crippen LogP contribution in [0.5, 0.6) is 11.6 Å². The van der Waals surface area contributed by atoms with Gasteiger partial charge in [-0.25, -0.2) is 4.98 Å². The van der Waals surface area contributed by atoms with Gasteiger partial charge in [0.2, 0.25) is 5.88 Å². The summed E-state index contributed by atoms with van der Waals surface area (Å²) in [6, 6.07) is 12.3. The number of carbonyl (C=O) groups is 1. The standard InChI is InChI=1S/C32H31F3N8O2/c1-20-4-7-24(17-27(20)45-31-25-19-42(3)40-29(25)38-28(39-31)21-8-10-36-11-9-21)37-30(44)22-5-6-23(26(16-22)32(33,34)35)18-43-14-12-41(2)13-15-43/h4-11,16-17,19H,12-15,18H2,1-3H3,(H,37,44). The molecule has 1 N–H and O–H groups in total. The fourth-order valence-electron chi connectivity index (χ4n) is 5.16. The normalized spacial score (nSPS) is 14.5. The van der Waals surface area contributed by atoms with Gasteiger partial charge in [-0.3, -0.25) is 19.4 Å². The Bertz CT molecular complexity index is 1850. The SMILES string of the molecule is Cc1ccc(NC(=O)c2ccc(CN3CCN(C)CC3)c(C(F)(F)F)c2)cc1Oc1nc(-c2ccncc2)nc2nn(C)cc12. The first-order valence-electron chi connectivity index (χ1n) is 14.4. The van der Waals surface area contributed by atoms with E-state index in [0.29, 0.717) is 41.4 Å². The molecule has 45 heavy (non-hydrogen) atoms. The first-order valence-corrected chi connectivity index (χ1v) is 14.4. The quantitative estimate of drug-likeness (QED) is 0.254. The van der Waals surface area contributed by atoms with E-state index in [9.17, 15) is 18.0 Å². The molecule has 6 rings (SSSR count). The van der Waals surface area contributed by atoms with Gasteiger partial charge >= 0.3 is 6.18 Å². The molecule has 0 saturated carbocycles. The van der Waals surface area contributed by atoms with E-state index in [0.717, 1.165) is 30.3 Å². The second kappa shape index (κ2) is 12.3. The monoisotopic (exact) mass is 616 g/mol. The van der Waals surface area contributed by atoms with Crippen molar-refractivity contribution in [3.05, 3.63) is 89.4 Å². The summed E-state index contributed by atoms with van der Waals surface area (Å²) in [6.45, 7) is 4.95. The van der Waals surface area contributed by atoms with E-state index >= 15 is 0 Å². The van der Waals surface area contributed by atoms with E-state index < -0.39 is 17.6 Å². The van der Waals surface area contributed by atoms with Gasteiger partial charge in [0, 0.05) is 81.2 Å². The van der Waals surface area contributed by atoms with E-state index in [-0.39, 0.29) is 23.6 Å². The second-order valence-corrected chi connectivity index (χ2v) is 11.1. The topological polar surface area (TPSA) is 101 Å². The lowest BCUT2D eigenvalue weighted by Crippen LogP contribution is -2.44. The highest BCUT2D eigenvalue weighted by atomic mass is 19.4. The first-order chi connectivity index (χ1) is 21.5. The largest absolute Gasteiger partial charge is 0.438 e. The van der Waals surface area contributed by atoms with Crippen molar-refractivity contribution in [2.75, 3.05) is 38.5 Å². The zero-order valence-electron chi connectivity index (χ0n) is 25.0. The summed E-state index contributed by atoms with van der Waals surface area (Å²) in [6.07, 6.45) is 0.411. The van der Waals surface area contributed by atoms with Crippen molar-refractivity contribution in [2.24, 2.45) is 7.05 Å².